The zero-order valence-electron chi connectivity index (χ0n) is 9.34. The fraction of sp³-hybridized carbons (Fsp3) is 0.286. The Morgan fingerprint density at radius 3 is 2.13 bits per heavy atom. The second-order valence-electron chi connectivity index (χ2n) is 4.89. The van der Waals surface area contributed by atoms with E-state index >= 15 is 0 Å². The van der Waals surface area contributed by atoms with Crippen LogP contribution in [0.25, 0.3) is 10.8 Å². The number of hydrogen-bond acceptors (Lipinski definition) is 0. The Morgan fingerprint density at radius 1 is 0.867 bits per heavy atom. The molecule has 0 N–H and O–H groups in total. The summed E-state index contributed by atoms with van der Waals surface area (Å²) in [6, 6.07) is 12.4. The van der Waals surface area contributed by atoms with Crippen molar-refractivity contribution in [1.82, 2.24) is 0 Å². The maximum Gasteiger partial charge on any atom is 0.0484 e. The second-order valence-corrected chi connectivity index (χ2v) is 5.30. The Morgan fingerprint density at radius 2 is 1.47 bits per heavy atom. The van der Waals surface area contributed by atoms with Crippen molar-refractivity contribution in [1.29, 1.82) is 0 Å². The molecule has 0 radical (unpaired) electrons. The Hall–Kier alpha value is -1.01. The van der Waals surface area contributed by atoms with Gasteiger partial charge in [-0.2, -0.15) is 0 Å². The summed E-state index contributed by atoms with van der Waals surface area (Å²) in [6.07, 6.45) is 0. The largest absolute Gasteiger partial charge is 0.0837 e. The molecule has 0 amide bonds. The van der Waals surface area contributed by atoms with Crippen LogP contribution in [0.1, 0.15) is 26.3 Å². The summed E-state index contributed by atoms with van der Waals surface area (Å²) >= 11 is 6.18. The third-order valence-corrected chi connectivity index (χ3v) is 3.01. The van der Waals surface area contributed by atoms with E-state index < -0.39 is 0 Å². The smallest absolute Gasteiger partial charge is 0.0484 e. The van der Waals surface area contributed by atoms with Crippen LogP contribution >= 0.6 is 11.6 Å². The van der Waals surface area contributed by atoms with E-state index in [0.29, 0.717) is 0 Å². The molecule has 0 nitrogen and oxygen atoms in total. The molecule has 0 saturated carbocycles. The van der Waals surface area contributed by atoms with E-state index in [4.69, 9.17) is 11.6 Å². The molecule has 0 atom stereocenters. The Labute approximate surface area is 95.9 Å². The lowest BCUT2D eigenvalue weighted by molar-refractivity contribution is 0.596. The molecule has 0 aliphatic heterocycles. The van der Waals surface area contributed by atoms with Gasteiger partial charge in [0.2, 0.25) is 0 Å². The summed E-state index contributed by atoms with van der Waals surface area (Å²) in [4.78, 5) is 0. The average molecular weight is 219 g/mol. The molecular formula is C14H15Cl. The predicted octanol–water partition coefficient (Wildman–Crippen LogP) is 4.79. The van der Waals surface area contributed by atoms with Crippen molar-refractivity contribution < 1.29 is 0 Å². The molecule has 15 heavy (non-hydrogen) atoms. The number of hydrogen-bond donors (Lipinski definition) is 0. The number of fused-ring (bicyclic) bond motifs is 1. The minimum absolute atomic E-state index is 0.157. The molecule has 0 heterocycles. The molecule has 0 spiro atoms. The lowest BCUT2D eigenvalue weighted by Crippen LogP contribution is -2.11. The quantitative estimate of drug-likeness (QED) is 0.597. The summed E-state index contributed by atoms with van der Waals surface area (Å²) in [5, 5.41) is 3.24. The monoisotopic (exact) mass is 218 g/mol. The highest BCUT2D eigenvalue weighted by molar-refractivity contribution is 6.35. The van der Waals surface area contributed by atoms with E-state index in [2.05, 4.69) is 45.0 Å². The Bertz CT molecular complexity index is 492. The molecule has 0 aliphatic carbocycles. The average Bonchev–Trinajstić information content (AvgIpc) is 2.16. The molecule has 0 fully saturated rings. The van der Waals surface area contributed by atoms with E-state index in [1.807, 2.05) is 12.1 Å². The van der Waals surface area contributed by atoms with Gasteiger partial charge in [0.15, 0.2) is 0 Å². The summed E-state index contributed by atoms with van der Waals surface area (Å²) in [6.45, 7) is 6.67. The van der Waals surface area contributed by atoms with Crippen molar-refractivity contribution in [2.45, 2.75) is 26.2 Å². The van der Waals surface area contributed by atoms with Crippen LogP contribution in [0, 0.1) is 0 Å². The molecule has 2 aromatic carbocycles. The van der Waals surface area contributed by atoms with Crippen molar-refractivity contribution in [3.05, 3.63) is 47.0 Å². The first-order chi connectivity index (χ1) is 7.00. The Kier molecular flexibility index (Phi) is 2.47. The zero-order chi connectivity index (χ0) is 11.1. The molecule has 2 rings (SSSR count). The van der Waals surface area contributed by atoms with E-state index in [0.717, 1.165) is 10.4 Å². The van der Waals surface area contributed by atoms with Gasteiger partial charge in [-0.3, -0.25) is 0 Å². The highest BCUT2D eigenvalue weighted by Crippen LogP contribution is 2.32. The Balaban J connectivity index is 2.83. The summed E-state index contributed by atoms with van der Waals surface area (Å²) < 4.78 is 0. The van der Waals surface area contributed by atoms with Gasteiger partial charge in [-0.25, -0.2) is 0 Å². The molecule has 0 unspecified atom stereocenters. The van der Waals surface area contributed by atoms with Gasteiger partial charge in [-0.05, 0) is 22.4 Å². The van der Waals surface area contributed by atoms with E-state index in [1.165, 1.54) is 10.9 Å². The van der Waals surface area contributed by atoms with E-state index in [-0.39, 0.29) is 5.41 Å². The van der Waals surface area contributed by atoms with Crippen molar-refractivity contribution in [2.24, 2.45) is 0 Å². The number of rotatable bonds is 0. The number of halogens is 1. The highest BCUT2D eigenvalue weighted by Gasteiger charge is 2.16. The van der Waals surface area contributed by atoms with Gasteiger partial charge in [0.05, 0.1) is 0 Å². The van der Waals surface area contributed by atoms with Crippen LogP contribution < -0.4 is 0 Å². The lowest BCUT2D eigenvalue weighted by Gasteiger charge is -2.21. The first kappa shape index (κ1) is 10.5. The molecular weight excluding hydrogens is 204 g/mol. The van der Waals surface area contributed by atoms with E-state index in [9.17, 15) is 0 Å². The van der Waals surface area contributed by atoms with Crippen LogP contribution in [0.5, 0.6) is 0 Å². The van der Waals surface area contributed by atoms with Crippen molar-refractivity contribution in [3.63, 3.8) is 0 Å². The zero-order valence-corrected chi connectivity index (χ0v) is 10.1. The van der Waals surface area contributed by atoms with Crippen LogP contribution in [0.4, 0.5) is 0 Å². The SMILES string of the molecule is CC(C)(C)c1cccc2c(Cl)cccc12. The topological polar surface area (TPSA) is 0 Å². The summed E-state index contributed by atoms with van der Waals surface area (Å²) in [5.74, 6) is 0. The van der Waals surface area contributed by atoms with Crippen molar-refractivity contribution in [2.75, 3.05) is 0 Å². The molecule has 0 aliphatic rings. The van der Waals surface area contributed by atoms with Crippen molar-refractivity contribution in [3.8, 4) is 0 Å². The highest BCUT2D eigenvalue weighted by atomic mass is 35.5. The summed E-state index contributed by atoms with van der Waals surface area (Å²) in [7, 11) is 0. The second kappa shape index (κ2) is 3.53. The van der Waals surface area contributed by atoms with Gasteiger partial charge in [0, 0.05) is 10.4 Å². The van der Waals surface area contributed by atoms with Gasteiger partial charge in [0.1, 0.15) is 0 Å². The maximum absolute atomic E-state index is 6.18. The molecule has 78 valence electrons. The van der Waals surface area contributed by atoms with Gasteiger partial charge in [-0.1, -0.05) is 62.7 Å². The van der Waals surface area contributed by atoms with E-state index in [1.54, 1.807) is 0 Å². The molecule has 1 heteroatoms. The normalized spacial score (nSPS) is 12.0. The minimum atomic E-state index is 0.157. The first-order valence-corrected chi connectivity index (χ1v) is 5.55. The summed E-state index contributed by atoms with van der Waals surface area (Å²) in [5.41, 5.74) is 1.51. The number of benzene rings is 2. The van der Waals surface area contributed by atoms with Gasteiger partial charge < -0.3 is 0 Å². The van der Waals surface area contributed by atoms with Gasteiger partial charge in [-0.15, -0.1) is 0 Å². The third kappa shape index (κ3) is 1.87. The standard InChI is InChI=1S/C14H15Cl/c1-14(2,3)12-8-4-7-11-10(12)6-5-9-13(11)15/h4-9H,1-3H3. The molecule has 0 bridgehead atoms. The van der Waals surface area contributed by atoms with Gasteiger partial charge >= 0.3 is 0 Å². The molecule has 0 saturated heterocycles. The maximum atomic E-state index is 6.18. The van der Waals surface area contributed by atoms with Crippen LogP contribution in [-0.4, -0.2) is 0 Å². The predicted molar refractivity (Wildman–Crippen MR) is 67.7 cm³/mol. The van der Waals surface area contributed by atoms with Crippen LogP contribution in [0.2, 0.25) is 5.02 Å². The van der Waals surface area contributed by atoms with Crippen LogP contribution in [-0.2, 0) is 5.41 Å². The lowest BCUT2D eigenvalue weighted by atomic mass is 9.84. The van der Waals surface area contributed by atoms with Crippen LogP contribution in [0.3, 0.4) is 0 Å². The minimum Gasteiger partial charge on any atom is -0.0837 e. The van der Waals surface area contributed by atoms with Gasteiger partial charge in [0.25, 0.3) is 0 Å². The molecule has 2 aromatic rings. The first-order valence-electron chi connectivity index (χ1n) is 5.18. The van der Waals surface area contributed by atoms with Crippen LogP contribution in [0.15, 0.2) is 36.4 Å². The fourth-order valence-electron chi connectivity index (χ4n) is 1.93. The third-order valence-electron chi connectivity index (χ3n) is 2.68. The van der Waals surface area contributed by atoms with Crippen molar-refractivity contribution >= 4 is 22.4 Å². The fourth-order valence-corrected chi connectivity index (χ4v) is 2.16. The molecule has 0 aromatic heterocycles.